The predicted molar refractivity (Wildman–Crippen MR) is 115 cm³/mol. The number of carbonyl (C=O) groups is 3. The monoisotopic (exact) mass is 414 g/mol. The van der Waals surface area contributed by atoms with E-state index < -0.39 is 11.8 Å². The zero-order chi connectivity index (χ0) is 21.4. The molecule has 2 aromatic rings. The van der Waals surface area contributed by atoms with Crippen molar-refractivity contribution in [3.63, 3.8) is 0 Å². The van der Waals surface area contributed by atoms with Gasteiger partial charge in [-0.05, 0) is 61.7 Å². The zero-order valence-corrected chi connectivity index (χ0v) is 17.3. The lowest BCUT2D eigenvalue weighted by atomic mass is 10.1. The van der Waals surface area contributed by atoms with Crippen molar-refractivity contribution >= 4 is 46.4 Å². The zero-order valence-electron chi connectivity index (χ0n) is 16.5. The molecule has 2 aromatic carbocycles. The molecule has 2 rings (SSSR count). The van der Waals surface area contributed by atoms with Gasteiger partial charge in [-0.2, -0.15) is 5.10 Å². The molecular formula is C21H23ClN4O3. The first-order valence-corrected chi connectivity index (χ1v) is 9.45. The Morgan fingerprint density at radius 3 is 2.31 bits per heavy atom. The van der Waals surface area contributed by atoms with Crippen LogP contribution >= 0.6 is 11.6 Å². The van der Waals surface area contributed by atoms with E-state index in [0.29, 0.717) is 22.1 Å². The molecule has 152 valence electrons. The molecule has 0 aliphatic rings. The van der Waals surface area contributed by atoms with E-state index in [1.54, 1.807) is 37.3 Å². The number of benzene rings is 2. The molecule has 0 atom stereocenters. The van der Waals surface area contributed by atoms with E-state index in [0.717, 1.165) is 17.5 Å². The maximum atomic E-state index is 12.1. The second kappa shape index (κ2) is 10.4. The van der Waals surface area contributed by atoms with Crippen molar-refractivity contribution in [3.8, 4) is 0 Å². The van der Waals surface area contributed by atoms with Gasteiger partial charge in [-0.15, -0.1) is 0 Å². The molecule has 3 N–H and O–H groups in total. The number of nitrogens with one attached hydrogen (secondary N) is 3. The van der Waals surface area contributed by atoms with Gasteiger partial charge in [0.25, 0.3) is 0 Å². The Morgan fingerprint density at radius 2 is 1.69 bits per heavy atom. The Kier molecular flexibility index (Phi) is 7.91. The number of amides is 3. The van der Waals surface area contributed by atoms with Crippen LogP contribution in [0.4, 0.5) is 11.4 Å². The lowest BCUT2D eigenvalue weighted by Crippen LogP contribution is -2.33. The SMILES string of the molecule is CCc1ccc(NC(=O)C(=O)N/N=C(\C)CC(=O)Nc2ccc(Cl)cc2C)cc1. The molecule has 8 heteroatoms. The first-order chi connectivity index (χ1) is 13.8. The van der Waals surface area contributed by atoms with Gasteiger partial charge in [0, 0.05) is 22.1 Å². The number of hydrogen-bond donors (Lipinski definition) is 3. The smallest absolute Gasteiger partial charge is 0.326 e. The van der Waals surface area contributed by atoms with Crippen molar-refractivity contribution in [2.45, 2.75) is 33.6 Å². The first kappa shape index (κ1) is 22.1. The summed E-state index contributed by atoms with van der Waals surface area (Å²) in [7, 11) is 0. The highest BCUT2D eigenvalue weighted by Gasteiger charge is 2.14. The Balaban J connectivity index is 1.84. The molecule has 0 aromatic heterocycles. The number of aryl methyl sites for hydroxylation is 2. The molecule has 0 radical (unpaired) electrons. The van der Waals surface area contributed by atoms with Gasteiger partial charge >= 0.3 is 11.8 Å². The fourth-order valence-corrected chi connectivity index (χ4v) is 2.67. The molecule has 0 aliphatic carbocycles. The summed E-state index contributed by atoms with van der Waals surface area (Å²) in [4.78, 5) is 35.9. The molecule has 0 fully saturated rings. The van der Waals surface area contributed by atoms with Crippen LogP contribution in [0.25, 0.3) is 0 Å². The average molecular weight is 415 g/mol. The van der Waals surface area contributed by atoms with Crippen molar-refractivity contribution in [1.82, 2.24) is 5.43 Å². The summed E-state index contributed by atoms with van der Waals surface area (Å²) in [5.74, 6) is -2.06. The quantitative estimate of drug-likeness (QED) is 0.382. The molecule has 0 heterocycles. The van der Waals surface area contributed by atoms with Crippen LogP contribution in [0.3, 0.4) is 0 Å². The molecular weight excluding hydrogens is 392 g/mol. The van der Waals surface area contributed by atoms with Gasteiger partial charge in [-0.3, -0.25) is 14.4 Å². The second-order valence-electron chi connectivity index (χ2n) is 6.48. The number of anilines is 2. The third kappa shape index (κ3) is 7.04. The highest BCUT2D eigenvalue weighted by Crippen LogP contribution is 2.19. The predicted octanol–water partition coefficient (Wildman–Crippen LogP) is 3.67. The fourth-order valence-electron chi connectivity index (χ4n) is 2.44. The highest BCUT2D eigenvalue weighted by atomic mass is 35.5. The molecule has 3 amide bonds. The first-order valence-electron chi connectivity index (χ1n) is 9.08. The van der Waals surface area contributed by atoms with Crippen LogP contribution in [0.5, 0.6) is 0 Å². The van der Waals surface area contributed by atoms with Crippen LogP contribution in [0.2, 0.25) is 5.02 Å². The van der Waals surface area contributed by atoms with Gasteiger partial charge in [-0.25, -0.2) is 5.43 Å². The van der Waals surface area contributed by atoms with E-state index in [-0.39, 0.29) is 12.3 Å². The largest absolute Gasteiger partial charge is 0.329 e. The van der Waals surface area contributed by atoms with Gasteiger partial charge in [0.15, 0.2) is 0 Å². The summed E-state index contributed by atoms with van der Waals surface area (Å²) in [5, 5.41) is 9.63. The average Bonchev–Trinajstić information content (AvgIpc) is 2.68. The number of hydrogen-bond acceptors (Lipinski definition) is 4. The molecule has 0 spiro atoms. The summed E-state index contributed by atoms with van der Waals surface area (Å²) in [6.45, 7) is 5.44. The molecule has 0 saturated heterocycles. The summed E-state index contributed by atoms with van der Waals surface area (Å²) >= 11 is 5.89. The van der Waals surface area contributed by atoms with E-state index in [1.807, 2.05) is 26.0 Å². The topological polar surface area (TPSA) is 99.7 Å². The van der Waals surface area contributed by atoms with Crippen molar-refractivity contribution in [3.05, 3.63) is 58.6 Å². The third-order valence-corrected chi connectivity index (χ3v) is 4.29. The number of carbonyl (C=O) groups excluding carboxylic acids is 3. The Morgan fingerprint density at radius 1 is 1.00 bits per heavy atom. The fraction of sp³-hybridized carbons (Fsp3) is 0.238. The number of halogens is 1. The van der Waals surface area contributed by atoms with E-state index >= 15 is 0 Å². The van der Waals surface area contributed by atoms with Crippen LogP contribution in [0, 0.1) is 6.92 Å². The summed E-state index contributed by atoms with van der Waals surface area (Å²) < 4.78 is 0. The van der Waals surface area contributed by atoms with Crippen LogP contribution < -0.4 is 16.1 Å². The standard InChI is InChI=1S/C21H23ClN4O3/c1-4-15-5-8-17(9-6-15)23-20(28)21(29)26-25-14(3)12-19(27)24-18-10-7-16(22)11-13(18)2/h5-11H,4,12H2,1-3H3,(H,23,28)(H,24,27)(H,26,29)/b25-14+. The lowest BCUT2D eigenvalue weighted by Gasteiger charge is -2.09. The van der Waals surface area contributed by atoms with E-state index in [1.165, 1.54) is 0 Å². The molecule has 29 heavy (non-hydrogen) atoms. The van der Waals surface area contributed by atoms with Crippen molar-refractivity contribution in [1.29, 1.82) is 0 Å². The molecule has 0 bridgehead atoms. The maximum Gasteiger partial charge on any atom is 0.329 e. The molecule has 0 aliphatic heterocycles. The highest BCUT2D eigenvalue weighted by molar-refractivity contribution is 6.39. The van der Waals surface area contributed by atoms with Gasteiger partial charge < -0.3 is 10.6 Å². The summed E-state index contributed by atoms with van der Waals surface area (Å²) in [6, 6.07) is 12.3. The van der Waals surface area contributed by atoms with Gasteiger partial charge in [0.1, 0.15) is 0 Å². The van der Waals surface area contributed by atoms with Gasteiger partial charge in [-0.1, -0.05) is 30.7 Å². The summed E-state index contributed by atoms with van der Waals surface area (Å²) in [6.07, 6.45) is 0.844. The minimum absolute atomic E-state index is 0.0392. The number of nitrogens with zero attached hydrogens (tertiary/aromatic N) is 1. The van der Waals surface area contributed by atoms with Crippen LogP contribution in [-0.2, 0) is 20.8 Å². The van der Waals surface area contributed by atoms with Crippen molar-refractivity contribution in [2.75, 3.05) is 10.6 Å². The van der Waals surface area contributed by atoms with E-state index in [4.69, 9.17) is 11.6 Å². The minimum Gasteiger partial charge on any atom is -0.326 e. The van der Waals surface area contributed by atoms with E-state index in [9.17, 15) is 14.4 Å². The molecule has 0 unspecified atom stereocenters. The van der Waals surface area contributed by atoms with E-state index in [2.05, 4.69) is 21.2 Å². The Hall–Kier alpha value is -3.19. The minimum atomic E-state index is -0.919. The summed E-state index contributed by atoms with van der Waals surface area (Å²) in [5.41, 5.74) is 5.62. The third-order valence-electron chi connectivity index (χ3n) is 4.05. The number of rotatable bonds is 6. The lowest BCUT2D eigenvalue weighted by molar-refractivity contribution is -0.136. The maximum absolute atomic E-state index is 12.1. The van der Waals surface area contributed by atoms with Gasteiger partial charge in [0.05, 0.1) is 6.42 Å². The van der Waals surface area contributed by atoms with Crippen molar-refractivity contribution in [2.24, 2.45) is 5.10 Å². The van der Waals surface area contributed by atoms with Crippen molar-refractivity contribution < 1.29 is 14.4 Å². The molecule has 0 saturated carbocycles. The molecule has 7 nitrogen and oxygen atoms in total. The van der Waals surface area contributed by atoms with Crippen LogP contribution in [0.15, 0.2) is 47.6 Å². The van der Waals surface area contributed by atoms with Crippen LogP contribution in [-0.4, -0.2) is 23.4 Å². The Labute approximate surface area is 174 Å². The second-order valence-corrected chi connectivity index (χ2v) is 6.91. The van der Waals surface area contributed by atoms with Crippen LogP contribution in [0.1, 0.15) is 31.4 Å². The Bertz CT molecular complexity index is 939. The number of hydrazone groups is 1. The normalized spacial score (nSPS) is 11.0. The van der Waals surface area contributed by atoms with Gasteiger partial charge in [0.2, 0.25) is 5.91 Å².